The quantitative estimate of drug-likeness (QED) is 0.802. The zero-order chi connectivity index (χ0) is 15.1. The van der Waals surface area contributed by atoms with E-state index in [1.165, 1.54) is 7.11 Å². The molecule has 5 heteroatoms. The third kappa shape index (κ3) is 3.98. The molecule has 20 heavy (non-hydrogen) atoms. The predicted molar refractivity (Wildman–Crippen MR) is 80.7 cm³/mol. The van der Waals surface area contributed by atoms with Crippen molar-refractivity contribution in [1.29, 1.82) is 0 Å². The van der Waals surface area contributed by atoms with Gasteiger partial charge in [0.15, 0.2) is 0 Å². The number of ether oxygens (including phenoxy) is 1. The number of nitrogens with one attached hydrogen (secondary N) is 2. The molecule has 0 saturated heterocycles. The molecule has 5 nitrogen and oxygen atoms in total. The van der Waals surface area contributed by atoms with E-state index in [1.54, 1.807) is 12.3 Å². The van der Waals surface area contributed by atoms with Gasteiger partial charge in [0.05, 0.1) is 7.11 Å². The second-order valence-corrected chi connectivity index (χ2v) is 4.57. The van der Waals surface area contributed by atoms with E-state index >= 15 is 0 Å². The smallest absolute Gasteiger partial charge is 0.256 e. The standard InChI is InChI=1S/C15H23N3O2/c1-6-10(3)18-11(4)12-8-13(14(19)16-7-2)15(20-5)17-9-12/h8-10,18H,4,6-7H2,1-3,5H3,(H,16,19). The molecule has 0 bridgehead atoms. The lowest BCUT2D eigenvalue weighted by atomic mass is 10.1. The molecule has 1 rings (SSSR count). The number of hydrogen-bond donors (Lipinski definition) is 2. The van der Waals surface area contributed by atoms with Crippen LogP contribution in [0.15, 0.2) is 18.8 Å². The minimum atomic E-state index is -0.199. The van der Waals surface area contributed by atoms with E-state index in [0.717, 1.165) is 17.7 Å². The number of hydrogen-bond acceptors (Lipinski definition) is 4. The van der Waals surface area contributed by atoms with Gasteiger partial charge in [0.25, 0.3) is 5.91 Å². The van der Waals surface area contributed by atoms with E-state index in [-0.39, 0.29) is 5.91 Å². The monoisotopic (exact) mass is 277 g/mol. The van der Waals surface area contributed by atoms with Gasteiger partial charge in [0, 0.05) is 30.0 Å². The lowest BCUT2D eigenvalue weighted by Gasteiger charge is -2.16. The summed E-state index contributed by atoms with van der Waals surface area (Å²) in [4.78, 5) is 16.2. The van der Waals surface area contributed by atoms with Crippen LogP contribution >= 0.6 is 0 Å². The van der Waals surface area contributed by atoms with Crippen LogP contribution in [0.3, 0.4) is 0 Å². The van der Waals surface area contributed by atoms with Gasteiger partial charge < -0.3 is 15.4 Å². The molecule has 0 aliphatic rings. The van der Waals surface area contributed by atoms with Crippen LogP contribution in [0.25, 0.3) is 5.70 Å². The third-order valence-corrected chi connectivity index (χ3v) is 3.01. The second-order valence-electron chi connectivity index (χ2n) is 4.57. The highest BCUT2D eigenvalue weighted by molar-refractivity contribution is 5.97. The lowest BCUT2D eigenvalue weighted by molar-refractivity contribution is 0.0952. The van der Waals surface area contributed by atoms with Crippen molar-refractivity contribution in [1.82, 2.24) is 15.6 Å². The average Bonchev–Trinajstić information content (AvgIpc) is 2.46. The Kier molecular flexibility index (Phi) is 6.03. The topological polar surface area (TPSA) is 63.3 Å². The van der Waals surface area contributed by atoms with E-state index in [4.69, 9.17) is 4.74 Å². The Morgan fingerprint density at radius 2 is 2.20 bits per heavy atom. The molecule has 1 aromatic heterocycles. The summed E-state index contributed by atoms with van der Waals surface area (Å²) in [6.07, 6.45) is 2.64. The van der Waals surface area contributed by atoms with Crippen LogP contribution in [0.1, 0.15) is 43.1 Å². The number of pyridine rings is 1. The summed E-state index contributed by atoms with van der Waals surface area (Å²) in [5.74, 6) is 0.117. The molecule has 1 aromatic rings. The first-order valence-corrected chi connectivity index (χ1v) is 6.81. The fourth-order valence-electron chi connectivity index (χ4n) is 1.68. The van der Waals surface area contributed by atoms with E-state index < -0.39 is 0 Å². The van der Waals surface area contributed by atoms with Crippen LogP contribution < -0.4 is 15.4 Å². The van der Waals surface area contributed by atoms with Gasteiger partial charge in [-0.2, -0.15) is 0 Å². The molecular weight excluding hydrogens is 254 g/mol. The van der Waals surface area contributed by atoms with Crippen LogP contribution in [0, 0.1) is 0 Å². The van der Waals surface area contributed by atoms with Gasteiger partial charge in [-0.15, -0.1) is 0 Å². The van der Waals surface area contributed by atoms with Gasteiger partial charge in [-0.05, 0) is 26.3 Å². The van der Waals surface area contributed by atoms with Crippen LogP contribution in [-0.2, 0) is 0 Å². The largest absolute Gasteiger partial charge is 0.480 e. The SMILES string of the molecule is C=C(NC(C)CC)c1cnc(OC)c(C(=O)NCC)c1. The summed E-state index contributed by atoms with van der Waals surface area (Å²) < 4.78 is 5.13. The van der Waals surface area contributed by atoms with Crippen molar-refractivity contribution in [2.45, 2.75) is 33.2 Å². The number of methoxy groups -OCH3 is 1. The highest BCUT2D eigenvalue weighted by atomic mass is 16.5. The maximum atomic E-state index is 12.0. The lowest BCUT2D eigenvalue weighted by Crippen LogP contribution is -2.25. The van der Waals surface area contributed by atoms with E-state index in [0.29, 0.717) is 24.0 Å². The van der Waals surface area contributed by atoms with Crippen molar-refractivity contribution in [2.24, 2.45) is 0 Å². The molecule has 1 unspecified atom stereocenters. The maximum absolute atomic E-state index is 12.0. The first-order valence-electron chi connectivity index (χ1n) is 6.81. The Hall–Kier alpha value is -2.04. The fourth-order valence-corrected chi connectivity index (χ4v) is 1.68. The Bertz CT molecular complexity index is 486. The Balaban J connectivity index is 3.03. The molecule has 1 amide bonds. The van der Waals surface area contributed by atoms with Gasteiger partial charge in [0.1, 0.15) is 5.56 Å². The van der Waals surface area contributed by atoms with Gasteiger partial charge >= 0.3 is 0 Å². The van der Waals surface area contributed by atoms with Gasteiger partial charge in [0.2, 0.25) is 5.88 Å². The normalized spacial score (nSPS) is 11.6. The van der Waals surface area contributed by atoms with E-state index in [2.05, 4.69) is 36.0 Å². The van der Waals surface area contributed by atoms with Crippen LogP contribution in [0.2, 0.25) is 0 Å². The molecule has 0 saturated carbocycles. The van der Waals surface area contributed by atoms with E-state index in [1.807, 2.05) is 6.92 Å². The van der Waals surface area contributed by atoms with Crippen LogP contribution in [-0.4, -0.2) is 30.6 Å². The zero-order valence-corrected chi connectivity index (χ0v) is 12.6. The number of rotatable bonds is 7. The molecule has 2 N–H and O–H groups in total. The molecule has 0 aliphatic heterocycles. The summed E-state index contributed by atoms with van der Waals surface area (Å²) >= 11 is 0. The zero-order valence-electron chi connectivity index (χ0n) is 12.6. The van der Waals surface area contributed by atoms with Crippen molar-refractivity contribution in [3.8, 4) is 5.88 Å². The minimum Gasteiger partial charge on any atom is -0.480 e. The summed E-state index contributed by atoms with van der Waals surface area (Å²) in [6.45, 7) is 10.6. The minimum absolute atomic E-state index is 0.199. The molecular formula is C15H23N3O2. The molecule has 110 valence electrons. The fraction of sp³-hybridized carbons (Fsp3) is 0.467. The summed E-state index contributed by atoms with van der Waals surface area (Å²) in [5.41, 5.74) is 1.95. The molecule has 1 heterocycles. The Morgan fingerprint density at radius 1 is 1.50 bits per heavy atom. The highest BCUT2D eigenvalue weighted by Crippen LogP contribution is 2.19. The molecule has 0 aromatic carbocycles. The second kappa shape index (κ2) is 7.53. The van der Waals surface area contributed by atoms with Crippen LogP contribution in [0.5, 0.6) is 5.88 Å². The van der Waals surface area contributed by atoms with Crippen molar-refractivity contribution in [2.75, 3.05) is 13.7 Å². The summed E-state index contributed by atoms with van der Waals surface area (Å²) in [5, 5.41) is 6.02. The molecule has 0 radical (unpaired) electrons. The van der Waals surface area contributed by atoms with Gasteiger partial charge in [-0.25, -0.2) is 4.98 Å². The number of carbonyl (C=O) groups is 1. The Labute approximate surface area is 120 Å². The molecule has 0 aliphatic carbocycles. The summed E-state index contributed by atoms with van der Waals surface area (Å²) in [7, 11) is 1.50. The molecule has 0 spiro atoms. The average molecular weight is 277 g/mol. The van der Waals surface area contributed by atoms with Gasteiger partial charge in [-0.3, -0.25) is 4.79 Å². The molecule has 1 atom stereocenters. The highest BCUT2D eigenvalue weighted by Gasteiger charge is 2.15. The maximum Gasteiger partial charge on any atom is 0.256 e. The first kappa shape index (κ1) is 16.0. The van der Waals surface area contributed by atoms with Crippen LogP contribution in [0.4, 0.5) is 0 Å². The van der Waals surface area contributed by atoms with Crippen molar-refractivity contribution < 1.29 is 9.53 Å². The summed E-state index contributed by atoms with van der Waals surface area (Å²) in [6, 6.07) is 2.06. The number of aromatic nitrogens is 1. The first-order chi connectivity index (χ1) is 9.53. The van der Waals surface area contributed by atoms with Crippen molar-refractivity contribution in [3.05, 3.63) is 30.0 Å². The third-order valence-electron chi connectivity index (χ3n) is 3.01. The van der Waals surface area contributed by atoms with E-state index in [9.17, 15) is 4.79 Å². The Morgan fingerprint density at radius 3 is 2.75 bits per heavy atom. The molecule has 0 fully saturated rings. The number of carbonyl (C=O) groups excluding carboxylic acids is 1. The van der Waals surface area contributed by atoms with Crippen molar-refractivity contribution >= 4 is 11.6 Å². The predicted octanol–water partition coefficient (Wildman–Crippen LogP) is 2.20. The number of nitrogens with zero attached hydrogens (tertiary/aromatic N) is 1. The van der Waals surface area contributed by atoms with Crippen molar-refractivity contribution in [3.63, 3.8) is 0 Å². The number of amides is 1. The van der Waals surface area contributed by atoms with Gasteiger partial charge in [-0.1, -0.05) is 13.5 Å².